The van der Waals surface area contributed by atoms with Crippen LogP contribution in [0.25, 0.3) is 0 Å². The van der Waals surface area contributed by atoms with Gasteiger partial charge in [0, 0.05) is 17.6 Å². The number of benzene rings is 2. The van der Waals surface area contributed by atoms with E-state index in [9.17, 15) is 4.79 Å². The minimum absolute atomic E-state index is 0.0266. The van der Waals surface area contributed by atoms with Crippen LogP contribution in [0.4, 0.5) is 0 Å². The summed E-state index contributed by atoms with van der Waals surface area (Å²) in [5.41, 5.74) is 3.02. The van der Waals surface area contributed by atoms with Crippen LogP contribution < -0.4 is 14.8 Å². The molecule has 7 heteroatoms. The Morgan fingerprint density at radius 2 is 1.96 bits per heavy atom. The SMILES string of the molecule is COc1cc(CNC(=O)CSc2nc(C)cs2)ccc1OCc1ccccc1. The molecule has 0 radical (unpaired) electrons. The van der Waals surface area contributed by atoms with Crippen LogP contribution in [0.1, 0.15) is 16.8 Å². The van der Waals surface area contributed by atoms with Crippen molar-refractivity contribution in [3.63, 3.8) is 0 Å². The maximum atomic E-state index is 12.1. The van der Waals surface area contributed by atoms with Crippen molar-refractivity contribution >= 4 is 29.0 Å². The summed E-state index contributed by atoms with van der Waals surface area (Å²) in [4.78, 5) is 16.4. The molecular formula is C21H22N2O3S2. The molecular weight excluding hydrogens is 392 g/mol. The number of ether oxygens (including phenoxy) is 2. The van der Waals surface area contributed by atoms with Gasteiger partial charge >= 0.3 is 0 Å². The molecule has 1 aromatic heterocycles. The van der Waals surface area contributed by atoms with Gasteiger partial charge in [-0.05, 0) is 30.2 Å². The summed E-state index contributed by atoms with van der Waals surface area (Å²) >= 11 is 3.01. The number of hydrogen-bond donors (Lipinski definition) is 1. The Bertz CT molecular complexity index is 913. The number of rotatable bonds is 9. The topological polar surface area (TPSA) is 60.5 Å². The van der Waals surface area contributed by atoms with Crippen LogP contribution in [0.5, 0.6) is 11.5 Å². The number of carbonyl (C=O) groups is 1. The number of aryl methyl sites for hydroxylation is 1. The van der Waals surface area contributed by atoms with E-state index in [4.69, 9.17) is 9.47 Å². The third-order valence-corrected chi connectivity index (χ3v) is 6.02. The highest BCUT2D eigenvalue weighted by Gasteiger charge is 2.09. The number of nitrogens with one attached hydrogen (secondary N) is 1. The molecule has 3 rings (SSSR count). The fraction of sp³-hybridized carbons (Fsp3) is 0.238. The lowest BCUT2D eigenvalue weighted by atomic mass is 10.2. The number of nitrogens with zero attached hydrogens (tertiary/aromatic N) is 1. The zero-order valence-corrected chi connectivity index (χ0v) is 17.4. The minimum atomic E-state index is -0.0266. The first-order valence-corrected chi connectivity index (χ1v) is 10.7. The summed E-state index contributed by atoms with van der Waals surface area (Å²) in [6, 6.07) is 15.7. The largest absolute Gasteiger partial charge is 0.493 e. The average Bonchev–Trinajstić information content (AvgIpc) is 3.15. The van der Waals surface area contributed by atoms with Crippen LogP contribution >= 0.6 is 23.1 Å². The minimum Gasteiger partial charge on any atom is -0.493 e. The third-order valence-electron chi connectivity index (χ3n) is 3.88. The van der Waals surface area contributed by atoms with Crippen molar-refractivity contribution in [2.24, 2.45) is 0 Å². The fourth-order valence-electron chi connectivity index (χ4n) is 2.45. The lowest BCUT2D eigenvalue weighted by molar-refractivity contribution is -0.118. The highest BCUT2D eigenvalue weighted by atomic mass is 32.2. The van der Waals surface area contributed by atoms with Gasteiger partial charge in [-0.15, -0.1) is 11.3 Å². The molecule has 0 spiro atoms. The van der Waals surface area contributed by atoms with E-state index in [1.807, 2.05) is 60.8 Å². The maximum Gasteiger partial charge on any atom is 0.230 e. The van der Waals surface area contributed by atoms with Crippen molar-refractivity contribution in [1.82, 2.24) is 10.3 Å². The Kier molecular flexibility index (Phi) is 7.33. The van der Waals surface area contributed by atoms with Gasteiger partial charge in [0.15, 0.2) is 15.8 Å². The van der Waals surface area contributed by atoms with Crippen LogP contribution in [0.3, 0.4) is 0 Å². The Morgan fingerprint density at radius 1 is 1.14 bits per heavy atom. The standard InChI is InChI=1S/C21H22N2O3S2/c1-15-13-27-21(23-15)28-14-20(24)22-11-17-8-9-18(19(10-17)25-2)26-12-16-6-4-3-5-7-16/h3-10,13H,11-12,14H2,1-2H3,(H,22,24). The number of aromatic nitrogens is 1. The van der Waals surface area contributed by atoms with E-state index in [-0.39, 0.29) is 5.91 Å². The summed E-state index contributed by atoms with van der Waals surface area (Å²) in [6.45, 7) is 2.85. The van der Waals surface area contributed by atoms with E-state index >= 15 is 0 Å². The van der Waals surface area contributed by atoms with Crippen molar-refractivity contribution in [2.75, 3.05) is 12.9 Å². The second-order valence-corrected chi connectivity index (χ2v) is 8.16. The van der Waals surface area contributed by atoms with Crippen LogP contribution in [-0.2, 0) is 17.9 Å². The molecule has 0 saturated carbocycles. The van der Waals surface area contributed by atoms with Crippen LogP contribution in [0.15, 0.2) is 58.3 Å². The van der Waals surface area contributed by atoms with Crippen molar-refractivity contribution in [2.45, 2.75) is 24.4 Å². The molecule has 0 bridgehead atoms. The molecule has 0 atom stereocenters. The number of amides is 1. The normalized spacial score (nSPS) is 10.5. The lowest BCUT2D eigenvalue weighted by Crippen LogP contribution is -2.24. The van der Waals surface area contributed by atoms with Crippen molar-refractivity contribution < 1.29 is 14.3 Å². The monoisotopic (exact) mass is 414 g/mol. The summed E-state index contributed by atoms with van der Waals surface area (Å²) < 4.78 is 12.2. The van der Waals surface area contributed by atoms with E-state index in [0.717, 1.165) is 21.2 Å². The van der Waals surface area contributed by atoms with Gasteiger partial charge in [0.2, 0.25) is 5.91 Å². The molecule has 3 aromatic rings. The first-order chi connectivity index (χ1) is 13.6. The lowest BCUT2D eigenvalue weighted by Gasteiger charge is -2.13. The van der Waals surface area contributed by atoms with Gasteiger partial charge in [0.1, 0.15) is 6.61 Å². The van der Waals surface area contributed by atoms with Crippen molar-refractivity contribution in [1.29, 1.82) is 0 Å². The molecule has 0 aliphatic rings. The van der Waals surface area contributed by atoms with Gasteiger partial charge in [0.05, 0.1) is 12.9 Å². The quantitative estimate of drug-likeness (QED) is 0.524. The van der Waals surface area contributed by atoms with Crippen LogP contribution in [0.2, 0.25) is 0 Å². The second-order valence-electron chi connectivity index (χ2n) is 6.08. The van der Waals surface area contributed by atoms with Gasteiger partial charge in [-0.1, -0.05) is 48.2 Å². The molecule has 1 N–H and O–H groups in total. The average molecular weight is 415 g/mol. The van der Waals surface area contributed by atoms with Gasteiger partial charge in [-0.25, -0.2) is 4.98 Å². The second kappa shape index (κ2) is 10.1. The Hall–Kier alpha value is -2.51. The van der Waals surface area contributed by atoms with Gasteiger partial charge in [-0.3, -0.25) is 4.79 Å². The molecule has 1 amide bonds. The van der Waals surface area contributed by atoms with E-state index < -0.39 is 0 Å². The number of carbonyl (C=O) groups excluding carboxylic acids is 1. The summed E-state index contributed by atoms with van der Waals surface area (Å²) in [5.74, 6) is 1.65. The molecule has 146 valence electrons. The number of thioether (sulfide) groups is 1. The fourth-order valence-corrected chi connectivity index (χ4v) is 4.13. The predicted molar refractivity (Wildman–Crippen MR) is 113 cm³/mol. The number of thiazole rings is 1. The van der Waals surface area contributed by atoms with Gasteiger partial charge in [-0.2, -0.15) is 0 Å². The van der Waals surface area contributed by atoms with Crippen LogP contribution in [-0.4, -0.2) is 23.8 Å². The van der Waals surface area contributed by atoms with E-state index in [1.54, 1.807) is 18.4 Å². The number of hydrogen-bond acceptors (Lipinski definition) is 6. The smallest absolute Gasteiger partial charge is 0.230 e. The molecule has 2 aromatic carbocycles. The zero-order valence-electron chi connectivity index (χ0n) is 15.8. The number of methoxy groups -OCH3 is 1. The molecule has 0 unspecified atom stereocenters. The summed E-state index contributed by atoms with van der Waals surface area (Å²) in [7, 11) is 1.61. The first-order valence-electron chi connectivity index (χ1n) is 8.79. The molecule has 0 aliphatic carbocycles. The molecule has 28 heavy (non-hydrogen) atoms. The highest BCUT2D eigenvalue weighted by molar-refractivity contribution is 8.01. The van der Waals surface area contributed by atoms with E-state index in [1.165, 1.54) is 11.8 Å². The Morgan fingerprint density at radius 3 is 2.68 bits per heavy atom. The summed E-state index contributed by atoms with van der Waals surface area (Å²) in [6.07, 6.45) is 0. The first kappa shape index (κ1) is 20.2. The highest BCUT2D eigenvalue weighted by Crippen LogP contribution is 2.29. The third kappa shape index (κ3) is 6.00. The molecule has 1 heterocycles. The van der Waals surface area contributed by atoms with E-state index in [2.05, 4.69) is 10.3 Å². The Balaban J connectivity index is 1.50. The van der Waals surface area contributed by atoms with Crippen LogP contribution in [0, 0.1) is 6.92 Å². The zero-order chi connectivity index (χ0) is 19.8. The van der Waals surface area contributed by atoms with Crippen molar-refractivity contribution in [3.05, 3.63) is 70.7 Å². The van der Waals surface area contributed by atoms with Gasteiger partial charge < -0.3 is 14.8 Å². The van der Waals surface area contributed by atoms with E-state index in [0.29, 0.717) is 30.4 Å². The summed E-state index contributed by atoms with van der Waals surface area (Å²) in [5, 5.41) is 4.91. The Labute approximate surface area is 173 Å². The van der Waals surface area contributed by atoms with Crippen molar-refractivity contribution in [3.8, 4) is 11.5 Å². The molecule has 0 aliphatic heterocycles. The molecule has 0 saturated heterocycles. The maximum absolute atomic E-state index is 12.1. The van der Waals surface area contributed by atoms with Gasteiger partial charge in [0.25, 0.3) is 0 Å². The predicted octanol–water partition coefficient (Wildman–Crippen LogP) is 4.45. The molecule has 5 nitrogen and oxygen atoms in total. The molecule has 0 fully saturated rings.